The van der Waals surface area contributed by atoms with Gasteiger partial charge in [-0.25, -0.2) is 14.6 Å². The lowest BCUT2D eigenvalue weighted by Crippen LogP contribution is -2.17. The Bertz CT molecular complexity index is 919. The molecule has 3 heterocycles. The largest absolute Gasteiger partial charge is 0.435 e. The molecule has 0 aliphatic rings. The van der Waals surface area contributed by atoms with Crippen molar-refractivity contribution in [2.24, 2.45) is 19.8 Å². The summed E-state index contributed by atoms with van der Waals surface area (Å²) in [6.45, 7) is 0. The van der Waals surface area contributed by atoms with Crippen LogP contribution in [0.1, 0.15) is 16.3 Å². The van der Waals surface area contributed by atoms with Gasteiger partial charge in [0.2, 0.25) is 0 Å². The van der Waals surface area contributed by atoms with Crippen LogP contribution < -0.4 is 5.73 Å². The molecule has 3 aromatic heterocycles. The smallest absolute Gasteiger partial charge is 0.363 e. The molecule has 1 amide bonds. The molecule has 0 atom stereocenters. The van der Waals surface area contributed by atoms with Crippen LogP contribution in [0.2, 0.25) is 0 Å². The van der Waals surface area contributed by atoms with E-state index in [1.165, 1.54) is 30.3 Å². The van der Waals surface area contributed by atoms with Crippen LogP contribution in [-0.2, 0) is 20.3 Å². The number of aromatic nitrogens is 6. The molecular weight excluding hydrogens is 327 g/mol. The molecule has 8 nitrogen and oxygen atoms in total. The molecule has 0 unspecified atom stereocenters. The van der Waals surface area contributed by atoms with Gasteiger partial charge < -0.3 is 14.9 Å². The maximum Gasteiger partial charge on any atom is 0.435 e. The van der Waals surface area contributed by atoms with E-state index < -0.39 is 17.8 Å². The first-order chi connectivity index (χ1) is 11.2. The lowest BCUT2D eigenvalue weighted by molar-refractivity contribution is -0.140. The zero-order valence-corrected chi connectivity index (χ0v) is 12.6. The van der Waals surface area contributed by atoms with Crippen molar-refractivity contribution in [1.82, 2.24) is 28.9 Å². The minimum absolute atomic E-state index is 0.0679. The van der Waals surface area contributed by atoms with Crippen LogP contribution in [-0.4, -0.2) is 34.8 Å². The monoisotopic (exact) mass is 339 g/mol. The average molecular weight is 339 g/mol. The summed E-state index contributed by atoms with van der Waals surface area (Å²) >= 11 is 0. The van der Waals surface area contributed by atoms with E-state index in [1.807, 2.05) is 0 Å². The van der Waals surface area contributed by atoms with E-state index in [-0.39, 0.29) is 22.9 Å². The van der Waals surface area contributed by atoms with Crippen LogP contribution in [0.3, 0.4) is 0 Å². The van der Waals surface area contributed by atoms with Crippen molar-refractivity contribution in [3.63, 3.8) is 0 Å². The van der Waals surface area contributed by atoms with Crippen LogP contribution in [0.15, 0.2) is 24.9 Å². The number of nitrogens with two attached hydrogens (primary N) is 1. The first kappa shape index (κ1) is 15.8. The van der Waals surface area contributed by atoms with Crippen molar-refractivity contribution in [1.29, 1.82) is 0 Å². The molecule has 3 aromatic rings. The molecule has 0 saturated carbocycles. The van der Waals surface area contributed by atoms with E-state index >= 15 is 0 Å². The number of nitrogens with zero attached hydrogens (tertiary/aromatic N) is 6. The predicted octanol–water partition coefficient (Wildman–Crippen LogP) is 1.12. The maximum absolute atomic E-state index is 13.3. The lowest BCUT2D eigenvalue weighted by Gasteiger charge is -2.07. The van der Waals surface area contributed by atoms with Crippen LogP contribution in [0.4, 0.5) is 13.2 Å². The maximum atomic E-state index is 13.3. The summed E-state index contributed by atoms with van der Waals surface area (Å²) in [4.78, 5) is 19.0. The van der Waals surface area contributed by atoms with Gasteiger partial charge >= 0.3 is 6.18 Å². The Morgan fingerprint density at radius 1 is 1.21 bits per heavy atom. The second-order valence-electron chi connectivity index (χ2n) is 5.12. The molecule has 126 valence electrons. The Labute approximate surface area is 133 Å². The number of primary amides is 1. The summed E-state index contributed by atoms with van der Waals surface area (Å²) in [7, 11) is 3.09. The van der Waals surface area contributed by atoms with Crippen molar-refractivity contribution in [2.45, 2.75) is 6.18 Å². The third-order valence-electron chi connectivity index (χ3n) is 3.39. The van der Waals surface area contributed by atoms with E-state index in [0.717, 1.165) is 10.9 Å². The van der Waals surface area contributed by atoms with Gasteiger partial charge in [-0.3, -0.25) is 4.79 Å². The summed E-state index contributed by atoms with van der Waals surface area (Å²) in [5.74, 6) is -0.760. The molecule has 0 aliphatic carbocycles. The third-order valence-corrected chi connectivity index (χ3v) is 3.39. The number of carbonyl (C=O) groups excluding carboxylic acids is 1. The molecule has 0 aliphatic heterocycles. The summed E-state index contributed by atoms with van der Waals surface area (Å²) in [6.07, 6.45) is 0.614. The van der Waals surface area contributed by atoms with Crippen LogP contribution in [0.5, 0.6) is 0 Å². The Hall–Kier alpha value is -3.11. The van der Waals surface area contributed by atoms with Gasteiger partial charge in [0.25, 0.3) is 5.91 Å². The molecule has 0 aromatic carbocycles. The van der Waals surface area contributed by atoms with Crippen molar-refractivity contribution < 1.29 is 18.0 Å². The van der Waals surface area contributed by atoms with Crippen molar-refractivity contribution in [3.05, 3.63) is 36.4 Å². The highest BCUT2D eigenvalue weighted by Crippen LogP contribution is 2.36. The Kier molecular flexibility index (Phi) is 3.43. The van der Waals surface area contributed by atoms with Gasteiger partial charge in [0.05, 0.1) is 23.8 Å². The van der Waals surface area contributed by atoms with E-state index in [4.69, 9.17) is 5.73 Å². The number of alkyl halides is 3. The number of hydrogen-bond donors (Lipinski definition) is 1. The molecule has 0 radical (unpaired) electrons. The highest BCUT2D eigenvalue weighted by Gasteiger charge is 2.38. The van der Waals surface area contributed by atoms with Gasteiger partial charge in [-0.1, -0.05) is 0 Å². The van der Waals surface area contributed by atoms with Crippen molar-refractivity contribution in [2.75, 3.05) is 0 Å². The average Bonchev–Trinajstić information content (AvgIpc) is 3.14. The zero-order chi connectivity index (χ0) is 17.6. The van der Waals surface area contributed by atoms with Crippen LogP contribution >= 0.6 is 0 Å². The fraction of sp³-hybridized carbons (Fsp3) is 0.231. The Morgan fingerprint density at radius 2 is 1.92 bits per heavy atom. The molecule has 0 saturated heterocycles. The quantitative estimate of drug-likeness (QED) is 0.773. The second-order valence-corrected chi connectivity index (χ2v) is 5.12. The molecule has 3 rings (SSSR count). The normalized spacial score (nSPS) is 11.9. The lowest BCUT2D eigenvalue weighted by atomic mass is 10.2. The van der Waals surface area contributed by atoms with E-state index in [2.05, 4.69) is 15.1 Å². The van der Waals surface area contributed by atoms with Gasteiger partial charge in [-0.2, -0.15) is 18.3 Å². The fourth-order valence-electron chi connectivity index (χ4n) is 2.29. The number of hydrogen-bond acceptors (Lipinski definition) is 4. The number of halogens is 3. The molecule has 0 bridgehead atoms. The predicted molar refractivity (Wildman–Crippen MR) is 76.1 cm³/mol. The highest BCUT2D eigenvalue weighted by atomic mass is 19.4. The summed E-state index contributed by atoms with van der Waals surface area (Å²) in [5.41, 5.74) is 3.89. The first-order valence-corrected chi connectivity index (χ1v) is 6.65. The highest BCUT2D eigenvalue weighted by molar-refractivity contribution is 5.90. The SMILES string of the molecule is Cn1cnc(-n2cc(-c3cnc(C(N)=O)n3C)c(C(F)(F)F)n2)c1. The molecule has 11 heteroatoms. The van der Waals surface area contributed by atoms with Crippen molar-refractivity contribution >= 4 is 5.91 Å². The van der Waals surface area contributed by atoms with Crippen LogP contribution in [0.25, 0.3) is 17.1 Å². The number of imidazole rings is 2. The number of aryl methyl sites for hydroxylation is 1. The summed E-state index contributed by atoms with van der Waals surface area (Å²) in [5, 5.41) is 3.60. The van der Waals surface area contributed by atoms with Gasteiger partial charge in [-0.05, 0) is 0 Å². The molecule has 0 fully saturated rings. The van der Waals surface area contributed by atoms with Crippen molar-refractivity contribution in [3.8, 4) is 17.1 Å². The second kappa shape index (κ2) is 5.22. The Balaban J connectivity index is 2.20. The molecule has 2 N–H and O–H groups in total. The molecule has 0 spiro atoms. The zero-order valence-electron chi connectivity index (χ0n) is 12.6. The van der Waals surface area contributed by atoms with E-state index in [0.29, 0.717) is 0 Å². The first-order valence-electron chi connectivity index (χ1n) is 6.65. The number of rotatable bonds is 3. The van der Waals surface area contributed by atoms with E-state index in [9.17, 15) is 18.0 Å². The van der Waals surface area contributed by atoms with Crippen LogP contribution in [0, 0.1) is 0 Å². The standard InChI is InChI=1S/C13H12F3N7O/c1-21-5-9(19-6-21)23-4-7(10(20-23)13(14,15)16)8-3-18-12(11(17)24)22(8)2/h3-6H,1-2H3,(H2,17,24). The third kappa shape index (κ3) is 2.53. The fourth-order valence-corrected chi connectivity index (χ4v) is 2.29. The minimum Gasteiger partial charge on any atom is -0.363 e. The summed E-state index contributed by atoms with van der Waals surface area (Å²) < 4.78 is 43.8. The molecular formula is C13H12F3N7O. The topological polar surface area (TPSA) is 96.5 Å². The van der Waals surface area contributed by atoms with Gasteiger partial charge in [0.15, 0.2) is 17.3 Å². The van der Waals surface area contributed by atoms with Gasteiger partial charge in [0, 0.05) is 26.5 Å². The molecule has 24 heavy (non-hydrogen) atoms. The summed E-state index contributed by atoms with van der Waals surface area (Å²) in [6, 6.07) is 0. The van der Waals surface area contributed by atoms with E-state index in [1.54, 1.807) is 11.6 Å². The van der Waals surface area contributed by atoms with Gasteiger partial charge in [0.1, 0.15) is 0 Å². The number of carbonyl (C=O) groups is 1. The minimum atomic E-state index is -4.69. The van der Waals surface area contributed by atoms with Gasteiger partial charge in [-0.15, -0.1) is 0 Å². The number of amides is 1. The Morgan fingerprint density at radius 3 is 2.42 bits per heavy atom.